The van der Waals surface area contributed by atoms with Crippen LogP contribution in [0.2, 0.25) is 0 Å². The molecule has 0 fully saturated rings. The van der Waals surface area contributed by atoms with Crippen molar-refractivity contribution in [2.45, 2.75) is 24.7 Å². The monoisotopic (exact) mass is 320 g/mol. The molecule has 0 bridgehead atoms. The van der Waals surface area contributed by atoms with Gasteiger partial charge in [-0.3, -0.25) is 0 Å². The molecule has 0 unspecified atom stereocenters. The molecule has 6 heteroatoms. The van der Waals surface area contributed by atoms with Crippen molar-refractivity contribution in [3.63, 3.8) is 0 Å². The van der Waals surface area contributed by atoms with Crippen LogP contribution < -0.4 is 5.73 Å². The highest BCUT2D eigenvalue weighted by Gasteiger charge is 2.22. The summed E-state index contributed by atoms with van der Waals surface area (Å²) < 4.78 is 26.5. The molecule has 1 aromatic carbocycles. The number of rotatable bonds is 5. The van der Waals surface area contributed by atoms with Crippen molar-refractivity contribution in [3.05, 3.63) is 22.7 Å². The first-order chi connectivity index (χ1) is 7.89. The van der Waals surface area contributed by atoms with Gasteiger partial charge >= 0.3 is 0 Å². The predicted octanol–water partition coefficient (Wildman–Crippen LogP) is 2.45. The van der Waals surface area contributed by atoms with E-state index in [2.05, 4.69) is 15.9 Å². The van der Waals surface area contributed by atoms with E-state index in [1.54, 1.807) is 19.2 Å². The lowest BCUT2D eigenvalue weighted by Gasteiger charge is -2.18. The van der Waals surface area contributed by atoms with Crippen LogP contribution in [-0.4, -0.2) is 26.3 Å². The summed E-state index contributed by atoms with van der Waals surface area (Å²) in [7, 11) is -1.90. The van der Waals surface area contributed by atoms with E-state index < -0.39 is 10.0 Å². The maximum absolute atomic E-state index is 12.2. The Kier molecular flexibility index (Phi) is 4.97. The lowest BCUT2D eigenvalue weighted by Crippen LogP contribution is -2.28. The fourth-order valence-corrected chi connectivity index (χ4v) is 3.10. The van der Waals surface area contributed by atoms with Crippen LogP contribution in [0.5, 0.6) is 0 Å². The summed E-state index contributed by atoms with van der Waals surface area (Å²) in [6.07, 6.45) is 1.79. The molecule has 0 heterocycles. The Bertz CT molecular complexity index is 488. The number of hydrogen-bond donors (Lipinski definition) is 1. The second-order valence-corrected chi connectivity index (χ2v) is 6.79. The van der Waals surface area contributed by atoms with Crippen LogP contribution in [0.3, 0.4) is 0 Å². The highest BCUT2D eigenvalue weighted by atomic mass is 79.9. The SMILES string of the molecule is CCCCN(C)S(=O)(=O)c1ccc(Br)cc1N. The molecule has 1 aromatic rings. The second kappa shape index (κ2) is 5.84. The fraction of sp³-hybridized carbons (Fsp3) is 0.455. The van der Waals surface area contributed by atoms with Crippen molar-refractivity contribution in [3.8, 4) is 0 Å². The molecule has 0 atom stereocenters. The molecule has 17 heavy (non-hydrogen) atoms. The zero-order chi connectivity index (χ0) is 13.1. The molecule has 0 aliphatic rings. The van der Waals surface area contributed by atoms with Crippen LogP contribution in [0.25, 0.3) is 0 Å². The molecular weight excluding hydrogens is 304 g/mol. The zero-order valence-electron chi connectivity index (χ0n) is 9.98. The maximum atomic E-state index is 12.2. The van der Waals surface area contributed by atoms with Gasteiger partial charge in [-0.15, -0.1) is 0 Å². The number of benzene rings is 1. The second-order valence-electron chi connectivity index (χ2n) is 3.86. The van der Waals surface area contributed by atoms with Crippen LogP contribution in [0.15, 0.2) is 27.6 Å². The summed E-state index contributed by atoms with van der Waals surface area (Å²) in [5.74, 6) is 0. The van der Waals surface area contributed by atoms with Gasteiger partial charge in [-0.1, -0.05) is 29.3 Å². The molecule has 0 aromatic heterocycles. The standard InChI is InChI=1S/C11H17BrN2O2S/c1-3-4-7-14(2)17(15,16)11-6-5-9(12)8-10(11)13/h5-6,8H,3-4,7,13H2,1-2H3. The Morgan fingerprint density at radius 2 is 2.06 bits per heavy atom. The average Bonchev–Trinajstić information content (AvgIpc) is 2.25. The molecule has 1 rings (SSSR count). The van der Waals surface area contributed by atoms with Gasteiger partial charge in [-0.25, -0.2) is 12.7 Å². The van der Waals surface area contributed by atoms with Gasteiger partial charge in [0, 0.05) is 18.1 Å². The van der Waals surface area contributed by atoms with E-state index in [0.717, 1.165) is 17.3 Å². The van der Waals surface area contributed by atoms with Crippen molar-refractivity contribution in [2.24, 2.45) is 0 Å². The first kappa shape index (κ1) is 14.5. The Hall–Kier alpha value is -0.590. The molecule has 0 amide bonds. The third kappa shape index (κ3) is 3.43. The van der Waals surface area contributed by atoms with E-state index >= 15 is 0 Å². The molecule has 0 saturated heterocycles. The van der Waals surface area contributed by atoms with Gasteiger partial charge in [0.1, 0.15) is 4.90 Å². The third-order valence-corrected chi connectivity index (χ3v) is 4.91. The molecular formula is C11H17BrN2O2S. The Balaban J connectivity index is 3.04. The van der Waals surface area contributed by atoms with E-state index in [1.807, 2.05) is 6.92 Å². The summed E-state index contributed by atoms with van der Waals surface area (Å²) >= 11 is 3.25. The molecule has 0 saturated carbocycles. The number of anilines is 1. The molecule has 0 aliphatic carbocycles. The van der Waals surface area contributed by atoms with Gasteiger partial charge in [-0.05, 0) is 24.6 Å². The molecule has 4 nitrogen and oxygen atoms in total. The number of nitrogen functional groups attached to an aromatic ring is 1. The minimum Gasteiger partial charge on any atom is -0.398 e. The summed E-state index contributed by atoms with van der Waals surface area (Å²) in [6, 6.07) is 4.80. The smallest absolute Gasteiger partial charge is 0.244 e. The quantitative estimate of drug-likeness (QED) is 0.847. The highest BCUT2D eigenvalue weighted by Crippen LogP contribution is 2.25. The molecule has 96 valence electrons. The van der Waals surface area contributed by atoms with Gasteiger partial charge in [0.15, 0.2) is 0 Å². The summed E-state index contributed by atoms with van der Waals surface area (Å²) in [5, 5.41) is 0. The van der Waals surface area contributed by atoms with Gasteiger partial charge in [0.25, 0.3) is 0 Å². The van der Waals surface area contributed by atoms with Crippen molar-refractivity contribution < 1.29 is 8.42 Å². The van der Waals surface area contributed by atoms with Crippen molar-refractivity contribution in [2.75, 3.05) is 19.3 Å². The molecule has 0 spiro atoms. The average molecular weight is 321 g/mol. The summed E-state index contributed by atoms with van der Waals surface area (Å²) in [4.78, 5) is 0.166. The topological polar surface area (TPSA) is 63.4 Å². The van der Waals surface area contributed by atoms with Crippen LogP contribution in [0.1, 0.15) is 19.8 Å². The summed E-state index contributed by atoms with van der Waals surface area (Å²) in [6.45, 7) is 2.53. The molecule has 0 radical (unpaired) electrons. The first-order valence-corrected chi connectivity index (χ1v) is 7.64. The van der Waals surface area contributed by atoms with Gasteiger partial charge in [-0.2, -0.15) is 0 Å². The van der Waals surface area contributed by atoms with Crippen molar-refractivity contribution in [1.82, 2.24) is 4.31 Å². The third-order valence-electron chi connectivity index (χ3n) is 2.49. The minimum atomic E-state index is -3.47. The summed E-state index contributed by atoms with van der Waals surface area (Å²) in [5.41, 5.74) is 6.00. The number of hydrogen-bond acceptors (Lipinski definition) is 3. The predicted molar refractivity (Wildman–Crippen MR) is 73.3 cm³/mol. The number of sulfonamides is 1. The largest absolute Gasteiger partial charge is 0.398 e. The van der Waals surface area contributed by atoms with E-state index in [1.165, 1.54) is 10.4 Å². The highest BCUT2D eigenvalue weighted by molar-refractivity contribution is 9.10. The minimum absolute atomic E-state index is 0.166. The van der Waals surface area contributed by atoms with Gasteiger partial charge < -0.3 is 5.73 Å². The normalized spacial score (nSPS) is 12.0. The fourth-order valence-electron chi connectivity index (χ4n) is 1.42. The van der Waals surface area contributed by atoms with Gasteiger partial charge in [0.2, 0.25) is 10.0 Å². The lowest BCUT2D eigenvalue weighted by atomic mass is 10.3. The number of nitrogens with zero attached hydrogens (tertiary/aromatic N) is 1. The number of nitrogens with two attached hydrogens (primary N) is 1. The molecule has 0 aliphatic heterocycles. The van der Waals surface area contributed by atoms with Crippen LogP contribution >= 0.6 is 15.9 Å². The zero-order valence-corrected chi connectivity index (χ0v) is 12.4. The van der Waals surface area contributed by atoms with E-state index in [9.17, 15) is 8.42 Å². The van der Waals surface area contributed by atoms with Gasteiger partial charge in [0.05, 0.1) is 5.69 Å². The maximum Gasteiger partial charge on any atom is 0.244 e. The lowest BCUT2D eigenvalue weighted by molar-refractivity contribution is 0.459. The van der Waals surface area contributed by atoms with Crippen LogP contribution in [0.4, 0.5) is 5.69 Å². The Morgan fingerprint density at radius 3 is 2.59 bits per heavy atom. The van der Waals surface area contributed by atoms with E-state index in [-0.39, 0.29) is 10.6 Å². The van der Waals surface area contributed by atoms with Crippen LogP contribution in [-0.2, 0) is 10.0 Å². The number of unbranched alkanes of at least 4 members (excludes halogenated alkanes) is 1. The van der Waals surface area contributed by atoms with Crippen molar-refractivity contribution in [1.29, 1.82) is 0 Å². The van der Waals surface area contributed by atoms with Crippen molar-refractivity contribution >= 4 is 31.6 Å². The Morgan fingerprint density at radius 1 is 1.41 bits per heavy atom. The molecule has 2 N–H and O–H groups in total. The van der Waals surface area contributed by atoms with E-state index in [4.69, 9.17) is 5.73 Å². The first-order valence-electron chi connectivity index (χ1n) is 5.41. The Labute approximate surface area is 111 Å². The van der Waals surface area contributed by atoms with Crippen LogP contribution in [0, 0.1) is 0 Å². The number of halogens is 1. The van der Waals surface area contributed by atoms with E-state index in [0.29, 0.717) is 6.54 Å².